The summed E-state index contributed by atoms with van der Waals surface area (Å²) >= 11 is 0. The SMILES string of the molecule is Cn1c(=O)[nH]c2nn(Cc3ccc(-c4cccc(F)n4)cc3)c(Nc3ccccc3)c2c1=O. The predicted molar refractivity (Wildman–Crippen MR) is 124 cm³/mol. The predicted octanol–water partition coefficient (Wildman–Crippen LogP) is 3.42. The molecule has 0 radical (unpaired) electrons. The van der Waals surface area contributed by atoms with Crippen LogP contribution >= 0.6 is 0 Å². The van der Waals surface area contributed by atoms with Gasteiger partial charge in [-0.15, -0.1) is 0 Å². The Balaban J connectivity index is 1.56. The number of halogens is 1. The van der Waals surface area contributed by atoms with E-state index in [2.05, 4.69) is 20.4 Å². The van der Waals surface area contributed by atoms with Gasteiger partial charge in [0.05, 0.1) is 12.2 Å². The second kappa shape index (κ2) is 8.19. The molecular formula is C24H19FN6O2. The van der Waals surface area contributed by atoms with E-state index in [1.807, 2.05) is 54.6 Å². The molecular weight excluding hydrogens is 423 g/mol. The molecule has 33 heavy (non-hydrogen) atoms. The van der Waals surface area contributed by atoms with Gasteiger partial charge in [0.15, 0.2) is 5.65 Å². The molecule has 8 nitrogen and oxygen atoms in total. The number of aromatic nitrogens is 5. The van der Waals surface area contributed by atoms with Crippen LogP contribution in [-0.4, -0.2) is 24.3 Å². The van der Waals surface area contributed by atoms with Crippen LogP contribution in [0.3, 0.4) is 0 Å². The number of fused-ring (bicyclic) bond motifs is 1. The van der Waals surface area contributed by atoms with Crippen molar-refractivity contribution < 1.29 is 4.39 Å². The number of hydrogen-bond acceptors (Lipinski definition) is 5. The van der Waals surface area contributed by atoms with E-state index in [1.165, 1.54) is 13.1 Å². The molecule has 0 amide bonds. The minimum Gasteiger partial charge on any atom is -0.340 e. The fourth-order valence-corrected chi connectivity index (χ4v) is 3.62. The number of aromatic amines is 1. The topological polar surface area (TPSA) is 97.6 Å². The molecule has 0 aliphatic carbocycles. The summed E-state index contributed by atoms with van der Waals surface area (Å²) in [6.45, 7) is 0.339. The third-order valence-electron chi connectivity index (χ3n) is 5.33. The molecule has 5 aromatic rings. The number of hydrogen-bond donors (Lipinski definition) is 2. The molecule has 9 heteroatoms. The Bertz CT molecular complexity index is 1570. The zero-order chi connectivity index (χ0) is 22.9. The molecule has 0 fully saturated rings. The molecule has 0 aliphatic rings. The Kier molecular flexibility index (Phi) is 5.06. The number of benzene rings is 2. The normalized spacial score (nSPS) is 11.1. The van der Waals surface area contributed by atoms with Crippen molar-refractivity contribution >= 4 is 22.5 Å². The molecule has 0 saturated heterocycles. The summed E-state index contributed by atoms with van der Waals surface area (Å²) in [7, 11) is 1.42. The van der Waals surface area contributed by atoms with E-state index < -0.39 is 17.2 Å². The first kappa shape index (κ1) is 20.4. The summed E-state index contributed by atoms with van der Waals surface area (Å²) in [5, 5.41) is 8.04. The Morgan fingerprint density at radius 1 is 0.970 bits per heavy atom. The third kappa shape index (κ3) is 3.91. The average molecular weight is 442 g/mol. The number of anilines is 2. The maximum absolute atomic E-state index is 13.5. The van der Waals surface area contributed by atoms with Crippen molar-refractivity contribution in [3.05, 3.63) is 105 Å². The lowest BCUT2D eigenvalue weighted by Gasteiger charge is -2.11. The maximum Gasteiger partial charge on any atom is 0.329 e. The number of para-hydroxylation sites is 1. The van der Waals surface area contributed by atoms with Crippen molar-refractivity contribution in [2.45, 2.75) is 6.54 Å². The summed E-state index contributed by atoms with van der Waals surface area (Å²) in [6, 6.07) is 21.5. The van der Waals surface area contributed by atoms with Crippen molar-refractivity contribution in [1.82, 2.24) is 24.3 Å². The molecule has 0 aliphatic heterocycles. The Hall–Kier alpha value is -4.53. The molecule has 0 saturated carbocycles. The van der Waals surface area contributed by atoms with Gasteiger partial charge in [-0.3, -0.25) is 14.3 Å². The molecule has 3 aromatic heterocycles. The second-order valence-electron chi connectivity index (χ2n) is 7.56. The Morgan fingerprint density at radius 2 is 1.73 bits per heavy atom. The Labute approximate surface area is 187 Å². The first-order valence-corrected chi connectivity index (χ1v) is 10.2. The first-order chi connectivity index (χ1) is 16.0. The zero-order valence-corrected chi connectivity index (χ0v) is 17.6. The van der Waals surface area contributed by atoms with Crippen LogP contribution in [-0.2, 0) is 13.6 Å². The number of nitrogens with one attached hydrogen (secondary N) is 2. The smallest absolute Gasteiger partial charge is 0.329 e. The van der Waals surface area contributed by atoms with Gasteiger partial charge in [-0.1, -0.05) is 48.5 Å². The fraction of sp³-hybridized carbons (Fsp3) is 0.0833. The number of nitrogens with zero attached hydrogens (tertiary/aromatic N) is 4. The van der Waals surface area contributed by atoms with E-state index in [0.29, 0.717) is 23.4 Å². The van der Waals surface area contributed by atoms with Crippen molar-refractivity contribution in [2.24, 2.45) is 7.05 Å². The van der Waals surface area contributed by atoms with Gasteiger partial charge < -0.3 is 5.32 Å². The summed E-state index contributed by atoms with van der Waals surface area (Å²) in [5.74, 6) is -0.0593. The number of rotatable bonds is 5. The molecule has 0 spiro atoms. The highest BCUT2D eigenvalue weighted by Gasteiger charge is 2.18. The van der Waals surface area contributed by atoms with Crippen LogP contribution in [0.2, 0.25) is 0 Å². The van der Waals surface area contributed by atoms with E-state index in [0.717, 1.165) is 21.4 Å². The number of pyridine rings is 1. The van der Waals surface area contributed by atoms with Crippen molar-refractivity contribution in [1.29, 1.82) is 0 Å². The van der Waals surface area contributed by atoms with E-state index in [-0.39, 0.29) is 5.65 Å². The highest BCUT2D eigenvalue weighted by molar-refractivity contribution is 5.88. The van der Waals surface area contributed by atoms with Gasteiger partial charge in [-0.05, 0) is 29.8 Å². The minimum absolute atomic E-state index is 0.210. The van der Waals surface area contributed by atoms with Gasteiger partial charge in [0.2, 0.25) is 5.95 Å². The average Bonchev–Trinajstić information content (AvgIpc) is 3.15. The lowest BCUT2D eigenvalue weighted by atomic mass is 10.1. The standard InChI is InChI=1S/C24H19FN6O2/c1-30-23(32)20-21(28-24(30)33)29-31(22(20)26-17-6-3-2-4-7-17)14-15-10-12-16(13-11-15)18-8-5-9-19(25)27-18/h2-13,26H,14H2,1H3,(H,28,29,33). The van der Waals surface area contributed by atoms with Crippen LogP contribution < -0.4 is 16.6 Å². The molecule has 0 unspecified atom stereocenters. The van der Waals surface area contributed by atoms with Gasteiger partial charge in [-0.25, -0.2) is 14.5 Å². The summed E-state index contributed by atoms with van der Waals surface area (Å²) in [6.07, 6.45) is 0. The van der Waals surface area contributed by atoms with E-state index in [1.54, 1.807) is 16.8 Å². The van der Waals surface area contributed by atoms with Gasteiger partial charge in [0, 0.05) is 18.3 Å². The third-order valence-corrected chi connectivity index (χ3v) is 5.33. The molecule has 3 heterocycles. The lowest BCUT2D eigenvalue weighted by molar-refractivity contribution is 0.585. The van der Waals surface area contributed by atoms with Crippen LogP contribution in [0.5, 0.6) is 0 Å². The second-order valence-corrected chi connectivity index (χ2v) is 7.56. The molecule has 2 N–H and O–H groups in total. The van der Waals surface area contributed by atoms with Crippen LogP contribution in [0.1, 0.15) is 5.56 Å². The lowest BCUT2D eigenvalue weighted by Crippen LogP contribution is -2.32. The molecule has 2 aromatic carbocycles. The zero-order valence-electron chi connectivity index (χ0n) is 17.6. The Morgan fingerprint density at radius 3 is 2.45 bits per heavy atom. The maximum atomic E-state index is 13.5. The van der Waals surface area contributed by atoms with E-state index >= 15 is 0 Å². The van der Waals surface area contributed by atoms with Crippen LogP contribution in [0, 0.1) is 5.95 Å². The van der Waals surface area contributed by atoms with Crippen molar-refractivity contribution in [3.63, 3.8) is 0 Å². The van der Waals surface area contributed by atoms with Gasteiger partial charge in [-0.2, -0.15) is 9.49 Å². The molecule has 0 atom stereocenters. The largest absolute Gasteiger partial charge is 0.340 e. The summed E-state index contributed by atoms with van der Waals surface area (Å²) in [5.41, 5.74) is 2.24. The first-order valence-electron chi connectivity index (χ1n) is 10.2. The van der Waals surface area contributed by atoms with Crippen LogP contribution in [0.15, 0.2) is 82.4 Å². The monoisotopic (exact) mass is 442 g/mol. The molecule has 0 bridgehead atoms. The van der Waals surface area contributed by atoms with Crippen LogP contribution in [0.4, 0.5) is 15.9 Å². The van der Waals surface area contributed by atoms with E-state index in [4.69, 9.17) is 0 Å². The molecule has 5 rings (SSSR count). The summed E-state index contributed by atoms with van der Waals surface area (Å²) in [4.78, 5) is 31.5. The fourth-order valence-electron chi connectivity index (χ4n) is 3.62. The van der Waals surface area contributed by atoms with Crippen molar-refractivity contribution in [2.75, 3.05) is 5.32 Å². The highest BCUT2D eigenvalue weighted by Crippen LogP contribution is 2.24. The quantitative estimate of drug-likeness (QED) is 0.407. The van der Waals surface area contributed by atoms with Gasteiger partial charge in [0.25, 0.3) is 5.56 Å². The number of H-pyrrole nitrogens is 1. The van der Waals surface area contributed by atoms with Crippen molar-refractivity contribution in [3.8, 4) is 11.3 Å². The minimum atomic E-state index is -0.535. The highest BCUT2D eigenvalue weighted by atomic mass is 19.1. The van der Waals surface area contributed by atoms with Crippen LogP contribution in [0.25, 0.3) is 22.3 Å². The van der Waals surface area contributed by atoms with Gasteiger partial charge >= 0.3 is 5.69 Å². The molecule has 164 valence electrons. The van der Waals surface area contributed by atoms with Gasteiger partial charge in [0.1, 0.15) is 11.2 Å². The summed E-state index contributed by atoms with van der Waals surface area (Å²) < 4.78 is 16.1. The van der Waals surface area contributed by atoms with E-state index in [9.17, 15) is 14.0 Å².